The molecule has 2 aromatic rings. The third-order valence-electron chi connectivity index (χ3n) is 3.09. The molecule has 1 aromatic carbocycles. The maximum absolute atomic E-state index is 11.9. The lowest BCUT2D eigenvalue weighted by Gasteiger charge is -2.13. The average Bonchev–Trinajstić information content (AvgIpc) is 2.96. The molecule has 6 nitrogen and oxygen atoms in total. The second-order valence-corrected chi connectivity index (χ2v) is 5.02. The summed E-state index contributed by atoms with van der Waals surface area (Å²) >= 11 is 0. The first-order valence-electron chi connectivity index (χ1n) is 6.74. The van der Waals surface area contributed by atoms with E-state index in [2.05, 4.69) is 5.32 Å². The van der Waals surface area contributed by atoms with Crippen LogP contribution in [0.1, 0.15) is 24.4 Å². The number of carboxylic acid groups (broad SMARTS) is 1. The Morgan fingerprint density at radius 2 is 1.95 bits per heavy atom. The molecule has 0 spiro atoms. The molecule has 1 heterocycles. The summed E-state index contributed by atoms with van der Waals surface area (Å²) in [6.45, 7) is 3.56. The molecule has 116 valence electrons. The van der Waals surface area contributed by atoms with E-state index in [1.54, 1.807) is 38.1 Å². The lowest BCUT2D eigenvalue weighted by atomic mass is 10.1. The number of rotatable bonds is 5. The zero-order chi connectivity index (χ0) is 16.3. The highest BCUT2D eigenvalue weighted by Crippen LogP contribution is 2.33. The summed E-state index contributed by atoms with van der Waals surface area (Å²) in [5.74, 6) is -0.712. The number of furan rings is 1. The predicted molar refractivity (Wildman–Crippen MR) is 81.1 cm³/mol. The van der Waals surface area contributed by atoms with Crippen molar-refractivity contribution in [3.05, 3.63) is 36.1 Å². The molecule has 2 rings (SSSR count). The Balaban J connectivity index is 2.44. The first kappa shape index (κ1) is 15.6. The lowest BCUT2D eigenvalue weighted by Crippen LogP contribution is -2.18. The van der Waals surface area contributed by atoms with Gasteiger partial charge in [0.15, 0.2) is 0 Å². The van der Waals surface area contributed by atoms with Crippen LogP contribution in [0.25, 0.3) is 11.3 Å². The predicted octanol–water partition coefficient (Wildman–Crippen LogP) is 3.25. The minimum absolute atomic E-state index is 0.153. The van der Waals surface area contributed by atoms with Crippen LogP contribution < -0.4 is 10.1 Å². The van der Waals surface area contributed by atoms with Crippen molar-refractivity contribution in [3.8, 4) is 17.1 Å². The molecule has 0 saturated heterocycles. The Kier molecular flexibility index (Phi) is 4.50. The second kappa shape index (κ2) is 6.34. The van der Waals surface area contributed by atoms with Gasteiger partial charge in [-0.25, -0.2) is 4.79 Å². The highest BCUT2D eigenvalue weighted by atomic mass is 16.5. The zero-order valence-corrected chi connectivity index (χ0v) is 12.5. The summed E-state index contributed by atoms with van der Waals surface area (Å²) in [6.07, 6.45) is 0. The Labute approximate surface area is 127 Å². The molecule has 0 bridgehead atoms. The molecule has 0 unspecified atom stereocenters. The number of nitrogens with one attached hydrogen (secondary N) is 1. The van der Waals surface area contributed by atoms with E-state index < -0.39 is 5.97 Å². The first-order chi connectivity index (χ1) is 10.4. The van der Waals surface area contributed by atoms with Crippen molar-refractivity contribution < 1.29 is 23.8 Å². The molecule has 0 saturated carbocycles. The number of methoxy groups -OCH3 is 1. The fourth-order valence-corrected chi connectivity index (χ4v) is 1.84. The summed E-state index contributed by atoms with van der Waals surface area (Å²) < 4.78 is 10.5. The van der Waals surface area contributed by atoms with Gasteiger partial charge in [-0.05, 0) is 24.3 Å². The molecule has 0 aliphatic rings. The normalized spacial score (nSPS) is 10.5. The highest BCUT2D eigenvalue weighted by Gasteiger charge is 2.16. The number of amides is 1. The van der Waals surface area contributed by atoms with Crippen LogP contribution in [0.5, 0.6) is 5.75 Å². The number of aromatic carboxylic acids is 1. The van der Waals surface area contributed by atoms with Crippen LogP contribution in [0.15, 0.2) is 34.7 Å². The first-order valence-corrected chi connectivity index (χ1v) is 6.74. The van der Waals surface area contributed by atoms with Crippen LogP contribution in [0.4, 0.5) is 5.69 Å². The van der Waals surface area contributed by atoms with Crippen molar-refractivity contribution in [2.24, 2.45) is 5.92 Å². The molecule has 6 heteroatoms. The molecule has 2 N–H and O–H groups in total. The van der Waals surface area contributed by atoms with E-state index in [1.807, 2.05) is 0 Å². The lowest BCUT2D eigenvalue weighted by molar-refractivity contribution is -0.118. The summed E-state index contributed by atoms with van der Waals surface area (Å²) in [4.78, 5) is 22.8. The van der Waals surface area contributed by atoms with Crippen molar-refractivity contribution >= 4 is 17.6 Å². The minimum atomic E-state index is -1.15. The molecule has 0 aliphatic heterocycles. The van der Waals surface area contributed by atoms with Gasteiger partial charge >= 0.3 is 5.97 Å². The summed E-state index contributed by atoms with van der Waals surface area (Å²) in [5, 5.41) is 11.7. The molecular formula is C16H17NO5. The van der Waals surface area contributed by atoms with Crippen LogP contribution in [0.3, 0.4) is 0 Å². The molecule has 1 aromatic heterocycles. The van der Waals surface area contributed by atoms with Gasteiger partial charge in [-0.3, -0.25) is 4.79 Å². The van der Waals surface area contributed by atoms with Crippen molar-refractivity contribution in [2.45, 2.75) is 13.8 Å². The molecular weight excluding hydrogens is 286 g/mol. The second-order valence-electron chi connectivity index (χ2n) is 5.02. The fourth-order valence-electron chi connectivity index (χ4n) is 1.84. The van der Waals surface area contributed by atoms with Crippen LogP contribution in [0, 0.1) is 5.92 Å². The molecule has 0 fully saturated rings. The van der Waals surface area contributed by atoms with E-state index >= 15 is 0 Å². The number of carbonyl (C=O) groups excluding carboxylic acids is 1. The molecule has 1 amide bonds. The Morgan fingerprint density at radius 3 is 2.50 bits per heavy atom. The largest absolute Gasteiger partial charge is 0.497 e. The zero-order valence-electron chi connectivity index (χ0n) is 12.5. The van der Waals surface area contributed by atoms with Crippen LogP contribution in [0.2, 0.25) is 0 Å². The third-order valence-corrected chi connectivity index (χ3v) is 3.09. The van der Waals surface area contributed by atoms with Crippen LogP contribution in [-0.4, -0.2) is 24.1 Å². The molecule has 0 radical (unpaired) electrons. The van der Waals surface area contributed by atoms with Gasteiger partial charge in [-0.15, -0.1) is 0 Å². The van der Waals surface area contributed by atoms with Crippen LogP contribution in [-0.2, 0) is 4.79 Å². The molecule has 22 heavy (non-hydrogen) atoms. The average molecular weight is 303 g/mol. The number of benzene rings is 1. The maximum atomic E-state index is 11.9. The SMILES string of the molecule is COc1ccc(-c2ccc(C(=O)O)o2)c(NC(=O)C(C)C)c1. The van der Waals surface area contributed by atoms with Gasteiger partial charge in [0.1, 0.15) is 11.5 Å². The smallest absolute Gasteiger partial charge is 0.371 e. The van der Waals surface area contributed by atoms with E-state index in [1.165, 1.54) is 13.2 Å². The Bertz CT molecular complexity index is 702. The van der Waals surface area contributed by atoms with E-state index in [4.69, 9.17) is 14.3 Å². The third kappa shape index (κ3) is 3.28. The van der Waals surface area contributed by atoms with E-state index in [0.717, 1.165) is 0 Å². The van der Waals surface area contributed by atoms with E-state index in [0.29, 0.717) is 22.8 Å². The molecule has 0 aliphatic carbocycles. The van der Waals surface area contributed by atoms with E-state index in [-0.39, 0.29) is 17.6 Å². The van der Waals surface area contributed by atoms with Gasteiger partial charge in [0.25, 0.3) is 0 Å². The molecule has 0 atom stereocenters. The number of hydrogen-bond donors (Lipinski definition) is 2. The van der Waals surface area contributed by atoms with Gasteiger partial charge < -0.3 is 19.6 Å². The minimum Gasteiger partial charge on any atom is -0.497 e. The monoisotopic (exact) mass is 303 g/mol. The van der Waals surface area contributed by atoms with Gasteiger partial charge in [0.05, 0.1) is 12.8 Å². The maximum Gasteiger partial charge on any atom is 0.371 e. The van der Waals surface area contributed by atoms with Crippen molar-refractivity contribution in [2.75, 3.05) is 12.4 Å². The fraction of sp³-hybridized carbons (Fsp3) is 0.250. The quantitative estimate of drug-likeness (QED) is 0.885. The van der Waals surface area contributed by atoms with Crippen LogP contribution >= 0.6 is 0 Å². The number of carboxylic acids is 1. The van der Waals surface area contributed by atoms with Crippen molar-refractivity contribution in [1.82, 2.24) is 0 Å². The number of carbonyl (C=O) groups is 2. The highest BCUT2D eigenvalue weighted by molar-refractivity contribution is 5.96. The van der Waals surface area contributed by atoms with Gasteiger partial charge in [-0.2, -0.15) is 0 Å². The van der Waals surface area contributed by atoms with Gasteiger partial charge in [0.2, 0.25) is 11.7 Å². The Morgan fingerprint density at radius 1 is 1.23 bits per heavy atom. The number of hydrogen-bond acceptors (Lipinski definition) is 4. The number of anilines is 1. The number of ether oxygens (including phenoxy) is 1. The topological polar surface area (TPSA) is 88.8 Å². The van der Waals surface area contributed by atoms with Gasteiger partial charge in [-0.1, -0.05) is 13.8 Å². The van der Waals surface area contributed by atoms with Crippen molar-refractivity contribution in [3.63, 3.8) is 0 Å². The summed E-state index contributed by atoms with van der Waals surface area (Å²) in [5.41, 5.74) is 1.09. The van der Waals surface area contributed by atoms with Crippen molar-refractivity contribution in [1.29, 1.82) is 0 Å². The van der Waals surface area contributed by atoms with E-state index in [9.17, 15) is 9.59 Å². The standard InChI is InChI=1S/C16H17NO5/c1-9(2)15(18)17-12-8-10(21-3)4-5-11(12)13-6-7-14(22-13)16(19)20/h4-9H,1-3H3,(H,17,18)(H,19,20). The Hall–Kier alpha value is -2.76. The summed E-state index contributed by atoms with van der Waals surface area (Å²) in [6, 6.07) is 8.01. The van der Waals surface area contributed by atoms with Gasteiger partial charge in [0, 0.05) is 17.5 Å². The summed E-state index contributed by atoms with van der Waals surface area (Å²) in [7, 11) is 1.53.